The van der Waals surface area contributed by atoms with Gasteiger partial charge in [-0.2, -0.15) is 5.10 Å². The Morgan fingerprint density at radius 2 is 2.03 bits per heavy atom. The van der Waals surface area contributed by atoms with Gasteiger partial charge in [0.2, 0.25) is 10.0 Å². The van der Waals surface area contributed by atoms with Crippen molar-refractivity contribution in [2.24, 2.45) is 0 Å². The molecule has 30 heavy (non-hydrogen) atoms. The van der Waals surface area contributed by atoms with Crippen LogP contribution >= 0.6 is 11.6 Å². The SMILES string of the molecule is COc1ccc(Cl)cc1S(=O)(=O)NCCn1nc(-c2ccccn2)c2c1CCCC2. The zero-order valence-electron chi connectivity index (χ0n) is 16.6. The first-order chi connectivity index (χ1) is 14.5. The number of halogens is 1. The van der Waals surface area contributed by atoms with Gasteiger partial charge in [0.25, 0.3) is 0 Å². The van der Waals surface area contributed by atoms with Gasteiger partial charge in [-0.1, -0.05) is 17.7 Å². The van der Waals surface area contributed by atoms with E-state index in [1.807, 2.05) is 22.9 Å². The molecular weight excluding hydrogens is 424 g/mol. The predicted molar refractivity (Wildman–Crippen MR) is 115 cm³/mol. The Kier molecular flexibility index (Phi) is 6.08. The summed E-state index contributed by atoms with van der Waals surface area (Å²) in [5, 5.41) is 5.11. The second-order valence-corrected chi connectivity index (χ2v) is 9.28. The van der Waals surface area contributed by atoms with Crippen molar-refractivity contribution in [3.8, 4) is 17.1 Å². The number of rotatable bonds is 7. The second kappa shape index (κ2) is 8.75. The Balaban J connectivity index is 1.55. The smallest absolute Gasteiger partial charge is 0.244 e. The van der Waals surface area contributed by atoms with Crippen molar-refractivity contribution in [1.29, 1.82) is 0 Å². The van der Waals surface area contributed by atoms with Crippen molar-refractivity contribution in [3.05, 3.63) is 58.9 Å². The van der Waals surface area contributed by atoms with Crippen LogP contribution in [0.3, 0.4) is 0 Å². The van der Waals surface area contributed by atoms with Gasteiger partial charge in [0.1, 0.15) is 16.3 Å². The Bertz CT molecular complexity index is 1150. The van der Waals surface area contributed by atoms with Crippen LogP contribution in [0.25, 0.3) is 11.4 Å². The molecule has 2 heterocycles. The van der Waals surface area contributed by atoms with E-state index in [0.717, 1.165) is 37.1 Å². The minimum Gasteiger partial charge on any atom is -0.495 e. The average Bonchev–Trinajstić information content (AvgIpc) is 3.13. The van der Waals surface area contributed by atoms with Crippen LogP contribution in [0.5, 0.6) is 5.75 Å². The lowest BCUT2D eigenvalue weighted by atomic mass is 9.95. The van der Waals surface area contributed by atoms with E-state index in [0.29, 0.717) is 11.6 Å². The molecule has 0 radical (unpaired) electrons. The van der Waals surface area contributed by atoms with Crippen molar-refractivity contribution in [1.82, 2.24) is 19.5 Å². The van der Waals surface area contributed by atoms with Crippen LogP contribution < -0.4 is 9.46 Å². The first kappa shape index (κ1) is 20.8. The normalized spacial score (nSPS) is 13.8. The molecule has 1 aromatic carbocycles. The number of hydrogen-bond donors (Lipinski definition) is 1. The number of benzene rings is 1. The van der Waals surface area contributed by atoms with E-state index < -0.39 is 10.0 Å². The maximum absolute atomic E-state index is 12.8. The number of aromatic nitrogens is 3. The van der Waals surface area contributed by atoms with Crippen LogP contribution in [0, 0.1) is 0 Å². The van der Waals surface area contributed by atoms with E-state index in [1.165, 1.54) is 24.4 Å². The van der Waals surface area contributed by atoms with Gasteiger partial charge >= 0.3 is 0 Å². The lowest BCUT2D eigenvalue weighted by Crippen LogP contribution is -2.28. The summed E-state index contributed by atoms with van der Waals surface area (Å²) < 4.78 is 35.3. The number of fused-ring (bicyclic) bond motifs is 1. The highest BCUT2D eigenvalue weighted by atomic mass is 35.5. The predicted octanol–water partition coefficient (Wildman–Crippen LogP) is 3.46. The van der Waals surface area contributed by atoms with Crippen molar-refractivity contribution < 1.29 is 13.2 Å². The second-order valence-electron chi connectivity index (χ2n) is 7.11. The highest BCUT2D eigenvalue weighted by Crippen LogP contribution is 2.30. The summed E-state index contributed by atoms with van der Waals surface area (Å²) in [6.45, 7) is 0.630. The summed E-state index contributed by atoms with van der Waals surface area (Å²) in [7, 11) is -2.35. The molecule has 0 aliphatic heterocycles. The lowest BCUT2D eigenvalue weighted by Gasteiger charge is -2.15. The van der Waals surface area contributed by atoms with Gasteiger partial charge in [-0.05, 0) is 56.0 Å². The Hall–Kier alpha value is -2.42. The summed E-state index contributed by atoms with van der Waals surface area (Å²) >= 11 is 5.98. The molecule has 0 spiro atoms. The number of sulfonamides is 1. The fraction of sp³-hybridized carbons (Fsp3) is 0.333. The molecule has 2 aromatic heterocycles. The molecule has 0 saturated heterocycles. The molecule has 0 saturated carbocycles. The van der Waals surface area contributed by atoms with Crippen LogP contribution in [0.1, 0.15) is 24.1 Å². The van der Waals surface area contributed by atoms with E-state index in [9.17, 15) is 8.42 Å². The van der Waals surface area contributed by atoms with Gasteiger partial charge < -0.3 is 4.74 Å². The standard InChI is InChI=1S/C21H23ClN4O3S/c1-29-19-10-9-15(22)14-20(19)30(27,28)24-12-13-26-18-8-3-2-6-16(18)21(25-26)17-7-4-5-11-23-17/h4-5,7,9-11,14,24H,2-3,6,8,12-13H2,1H3. The van der Waals surface area contributed by atoms with E-state index in [4.69, 9.17) is 21.4 Å². The van der Waals surface area contributed by atoms with E-state index >= 15 is 0 Å². The molecule has 4 rings (SSSR count). The summed E-state index contributed by atoms with van der Waals surface area (Å²) in [4.78, 5) is 4.47. The average molecular weight is 447 g/mol. The van der Waals surface area contributed by atoms with Crippen LogP contribution in [0.2, 0.25) is 5.02 Å². The van der Waals surface area contributed by atoms with Gasteiger partial charge in [-0.15, -0.1) is 0 Å². The first-order valence-electron chi connectivity index (χ1n) is 9.83. The molecule has 1 aliphatic rings. The van der Waals surface area contributed by atoms with Gasteiger partial charge in [-0.3, -0.25) is 9.67 Å². The lowest BCUT2D eigenvalue weighted by molar-refractivity contribution is 0.402. The third-order valence-electron chi connectivity index (χ3n) is 5.20. The highest BCUT2D eigenvalue weighted by molar-refractivity contribution is 7.89. The Morgan fingerprint density at radius 1 is 1.20 bits per heavy atom. The third-order valence-corrected chi connectivity index (χ3v) is 6.91. The molecule has 9 heteroatoms. The van der Waals surface area contributed by atoms with E-state index in [-0.39, 0.29) is 17.2 Å². The van der Waals surface area contributed by atoms with Gasteiger partial charge in [0.15, 0.2) is 0 Å². The minimum atomic E-state index is -3.78. The van der Waals surface area contributed by atoms with Crippen molar-refractivity contribution in [3.63, 3.8) is 0 Å². The zero-order valence-corrected chi connectivity index (χ0v) is 18.2. The summed E-state index contributed by atoms with van der Waals surface area (Å²) in [5.41, 5.74) is 4.13. The number of ether oxygens (including phenoxy) is 1. The van der Waals surface area contributed by atoms with Crippen LogP contribution in [0.4, 0.5) is 0 Å². The number of nitrogens with one attached hydrogen (secondary N) is 1. The molecule has 0 fully saturated rings. The number of pyridine rings is 1. The van der Waals surface area contributed by atoms with Crippen LogP contribution in [0.15, 0.2) is 47.5 Å². The Morgan fingerprint density at radius 3 is 2.80 bits per heavy atom. The van der Waals surface area contributed by atoms with E-state index in [2.05, 4.69) is 9.71 Å². The summed E-state index contributed by atoms with van der Waals surface area (Å²) in [6, 6.07) is 10.3. The summed E-state index contributed by atoms with van der Waals surface area (Å²) in [5.74, 6) is 0.251. The maximum atomic E-state index is 12.8. The monoisotopic (exact) mass is 446 g/mol. The van der Waals surface area contributed by atoms with Gasteiger partial charge in [-0.25, -0.2) is 13.1 Å². The molecule has 3 aromatic rings. The number of hydrogen-bond acceptors (Lipinski definition) is 5. The molecule has 0 atom stereocenters. The largest absolute Gasteiger partial charge is 0.495 e. The molecule has 7 nitrogen and oxygen atoms in total. The molecule has 1 aliphatic carbocycles. The topological polar surface area (TPSA) is 86.1 Å². The van der Waals surface area contributed by atoms with Crippen molar-refractivity contribution in [2.75, 3.05) is 13.7 Å². The molecule has 0 amide bonds. The highest BCUT2D eigenvalue weighted by Gasteiger charge is 2.23. The molecule has 0 bridgehead atoms. The molecule has 158 valence electrons. The van der Waals surface area contributed by atoms with E-state index in [1.54, 1.807) is 18.3 Å². The van der Waals surface area contributed by atoms with Crippen molar-refractivity contribution in [2.45, 2.75) is 37.1 Å². The van der Waals surface area contributed by atoms with Crippen molar-refractivity contribution >= 4 is 21.6 Å². The minimum absolute atomic E-state index is 0.0224. The van der Waals surface area contributed by atoms with Gasteiger partial charge in [0, 0.05) is 29.0 Å². The molecule has 0 unspecified atom stereocenters. The zero-order chi connectivity index (χ0) is 21.1. The molecular formula is C21H23ClN4O3S. The first-order valence-corrected chi connectivity index (χ1v) is 11.7. The number of nitrogens with zero attached hydrogens (tertiary/aromatic N) is 3. The van der Waals surface area contributed by atoms with Gasteiger partial charge in [0.05, 0.1) is 19.3 Å². The quantitative estimate of drug-likeness (QED) is 0.600. The third kappa shape index (κ3) is 4.21. The summed E-state index contributed by atoms with van der Waals surface area (Å²) in [6.07, 6.45) is 5.89. The fourth-order valence-electron chi connectivity index (χ4n) is 3.79. The maximum Gasteiger partial charge on any atom is 0.244 e. The van der Waals surface area contributed by atoms with Crippen LogP contribution in [-0.4, -0.2) is 36.8 Å². The molecule has 1 N–H and O–H groups in total. The fourth-order valence-corrected chi connectivity index (χ4v) is 5.24. The van der Waals surface area contributed by atoms with Crippen LogP contribution in [-0.2, 0) is 29.4 Å². The Labute approximate surface area is 181 Å². The number of methoxy groups -OCH3 is 1.